The van der Waals surface area contributed by atoms with Gasteiger partial charge in [0, 0.05) is 74.6 Å². The van der Waals surface area contributed by atoms with Crippen molar-refractivity contribution >= 4 is 39.8 Å². The van der Waals surface area contributed by atoms with Crippen LogP contribution in [0.25, 0.3) is 56.0 Å². The Kier molecular flexibility index (Phi) is 13.9. The molecule has 4 aromatic carbocycles. The summed E-state index contributed by atoms with van der Waals surface area (Å²) in [5.74, 6) is 1.25. The first-order chi connectivity index (χ1) is 29.6. The quantitative estimate of drug-likeness (QED) is 0.0618. The summed E-state index contributed by atoms with van der Waals surface area (Å²) in [4.78, 5) is 57.3. The van der Waals surface area contributed by atoms with Crippen LogP contribution in [0.2, 0.25) is 0 Å². The highest BCUT2D eigenvalue weighted by Gasteiger charge is 2.13. The summed E-state index contributed by atoms with van der Waals surface area (Å²) in [7, 11) is 6.02. The molecule has 3 amide bonds. The summed E-state index contributed by atoms with van der Waals surface area (Å²) < 4.78 is 1.83. The number of rotatable bonds is 20. The van der Waals surface area contributed by atoms with E-state index in [0.29, 0.717) is 30.8 Å². The molecule has 7 rings (SSSR count). The van der Waals surface area contributed by atoms with Crippen LogP contribution >= 0.6 is 0 Å². The Labute approximate surface area is 355 Å². The van der Waals surface area contributed by atoms with E-state index in [4.69, 9.17) is 9.97 Å². The lowest BCUT2D eigenvalue weighted by Crippen LogP contribution is -2.33. The Balaban J connectivity index is 0.872. The summed E-state index contributed by atoms with van der Waals surface area (Å²) in [6, 6.07) is 27.3. The molecule has 15 heteroatoms. The second kappa shape index (κ2) is 20.0. The van der Waals surface area contributed by atoms with Crippen LogP contribution in [-0.4, -0.2) is 123 Å². The van der Waals surface area contributed by atoms with Crippen molar-refractivity contribution in [2.24, 2.45) is 0 Å². The van der Waals surface area contributed by atoms with Crippen molar-refractivity contribution in [2.45, 2.75) is 39.2 Å². The van der Waals surface area contributed by atoms with E-state index in [0.717, 1.165) is 114 Å². The minimum absolute atomic E-state index is 0.0212. The number of nitrogens with one attached hydrogen (secondary N) is 5. The molecular weight excluding hydrogens is 769 g/mol. The molecule has 0 saturated carbocycles. The zero-order valence-electron chi connectivity index (χ0n) is 35.3. The second-order valence-corrected chi connectivity index (χ2v) is 15.7. The average Bonchev–Trinajstić information content (AvgIpc) is 4.02. The van der Waals surface area contributed by atoms with Crippen LogP contribution in [0.1, 0.15) is 52.6 Å². The molecule has 3 heterocycles. The standard InChI is InChI=1S/C46H54N12O3/c1-31(59)47-21-7-25-58-30-38(54-55-58)8-5-6-24-57(4)27-23-49-46(61)35-15-11-33(12-16-35)44-51-40-20-18-37(29-42(40)53-44)36-17-19-39-41(28-36)52-43(50-39)32-9-13-34(14-10-32)45(60)48-22-26-56(2)3/h9-20,28-30H,5-8,21-27H2,1-4H3,(H,47,59)(H,48,60)(H,49,61)(H,50,52)(H,51,53). The summed E-state index contributed by atoms with van der Waals surface area (Å²) in [6.45, 7) is 6.47. The number of hydrogen-bond donors (Lipinski definition) is 5. The van der Waals surface area contributed by atoms with Gasteiger partial charge in [-0.2, -0.15) is 0 Å². The normalized spacial score (nSPS) is 11.5. The molecular formula is C46H54N12O3. The number of amides is 3. The lowest BCUT2D eigenvalue weighted by Gasteiger charge is -2.16. The first-order valence-electron chi connectivity index (χ1n) is 20.8. The van der Waals surface area contributed by atoms with Crippen LogP contribution in [0.4, 0.5) is 0 Å². The highest BCUT2D eigenvalue weighted by Crippen LogP contribution is 2.29. The van der Waals surface area contributed by atoms with E-state index in [9.17, 15) is 14.4 Å². The number of carbonyl (C=O) groups is 3. The smallest absolute Gasteiger partial charge is 0.251 e. The maximum absolute atomic E-state index is 12.9. The number of hydrogen-bond acceptors (Lipinski definition) is 9. The molecule has 0 aliphatic heterocycles. The molecule has 15 nitrogen and oxygen atoms in total. The Morgan fingerprint density at radius 2 is 1.16 bits per heavy atom. The third-order valence-electron chi connectivity index (χ3n) is 10.5. The molecule has 0 aliphatic carbocycles. The van der Waals surface area contributed by atoms with Crippen LogP contribution in [-0.2, 0) is 17.8 Å². The van der Waals surface area contributed by atoms with E-state index in [2.05, 4.69) is 72.4 Å². The Morgan fingerprint density at radius 3 is 1.70 bits per heavy atom. The number of aromatic nitrogens is 7. The van der Waals surface area contributed by atoms with Crippen LogP contribution in [0, 0.1) is 0 Å². The topological polar surface area (TPSA) is 182 Å². The summed E-state index contributed by atoms with van der Waals surface area (Å²) >= 11 is 0. The Hall–Kier alpha value is -6.71. The van der Waals surface area contributed by atoms with Crippen molar-refractivity contribution in [3.05, 3.63) is 108 Å². The van der Waals surface area contributed by atoms with Gasteiger partial charge in [-0.25, -0.2) is 9.97 Å². The molecule has 0 spiro atoms. The van der Waals surface area contributed by atoms with E-state index in [-0.39, 0.29) is 17.7 Å². The van der Waals surface area contributed by atoms with Gasteiger partial charge in [0.05, 0.1) is 27.8 Å². The summed E-state index contributed by atoms with van der Waals surface area (Å²) in [6.07, 6.45) is 5.68. The fourth-order valence-corrected chi connectivity index (χ4v) is 7.03. The van der Waals surface area contributed by atoms with Crippen molar-refractivity contribution in [3.8, 4) is 33.9 Å². The maximum atomic E-state index is 12.9. The molecule has 0 aliphatic rings. The fourth-order valence-electron chi connectivity index (χ4n) is 7.03. The summed E-state index contributed by atoms with van der Waals surface area (Å²) in [5.41, 5.74) is 9.55. The van der Waals surface area contributed by atoms with Crippen molar-refractivity contribution in [3.63, 3.8) is 0 Å². The molecule has 316 valence electrons. The predicted molar refractivity (Wildman–Crippen MR) is 239 cm³/mol. The van der Waals surface area contributed by atoms with Crippen LogP contribution in [0.15, 0.2) is 91.1 Å². The van der Waals surface area contributed by atoms with Gasteiger partial charge in [-0.1, -0.05) is 41.6 Å². The van der Waals surface area contributed by atoms with E-state index >= 15 is 0 Å². The van der Waals surface area contributed by atoms with Crippen LogP contribution in [0.3, 0.4) is 0 Å². The van der Waals surface area contributed by atoms with Gasteiger partial charge in [0.2, 0.25) is 5.91 Å². The second-order valence-electron chi connectivity index (χ2n) is 15.7. The number of H-pyrrole nitrogens is 2. The molecule has 0 bridgehead atoms. The lowest BCUT2D eigenvalue weighted by molar-refractivity contribution is -0.118. The molecule has 0 fully saturated rings. The number of aryl methyl sites for hydroxylation is 2. The van der Waals surface area contributed by atoms with Crippen molar-refractivity contribution in [1.29, 1.82) is 0 Å². The fraction of sp³-hybridized carbons (Fsp3) is 0.326. The Bertz CT molecular complexity index is 2570. The monoisotopic (exact) mass is 822 g/mol. The molecule has 0 saturated heterocycles. The van der Waals surface area contributed by atoms with Gasteiger partial charge in [0.25, 0.3) is 11.8 Å². The molecule has 0 unspecified atom stereocenters. The average molecular weight is 823 g/mol. The summed E-state index contributed by atoms with van der Waals surface area (Å²) in [5, 5.41) is 17.2. The molecule has 7 aromatic rings. The number of likely N-dealkylation sites (N-methyl/N-ethyl adjacent to an activating group) is 2. The van der Waals surface area contributed by atoms with Gasteiger partial charge in [0.15, 0.2) is 0 Å². The van der Waals surface area contributed by atoms with Gasteiger partial charge in [-0.3, -0.25) is 19.1 Å². The zero-order chi connectivity index (χ0) is 42.7. The molecule has 5 N–H and O–H groups in total. The highest BCUT2D eigenvalue weighted by molar-refractivity contribution is 5.95. The molecule has 0 radical (unpaired) electrons. The Morgan fingerprint density at radius 1 is 0.623 bits per heavy atom. The van der Waals surface area contributed by atoms with Crippen LogP contribution < -0.4 is 16.0 Å². The number of imidazole rings is 2. The number of nitrogens with zero attached hydrogens (tertiary/aromatic N) is 7. The van der Waals surface area contributed by atoms with Crippen molar-refractivity contribution in [1.82, 2.24) is 60.7 Å². The highest BCUT2D eigenvalue weighted by atomic mass is 16.2. The van der Waals surface area contributed by atoms with Gasteiger partial charge in [-0.05, 0) is 113 Å². The van der Waals surface area contributed by atoms with Gasteiger partial charge in [-0.15, -0.1) is 5.10 Å². The minimum atomic E-state index is -0.107. The number of unbranched alkanes of at least 4 members (excludes halogenated alkanes) is 1. The number of benzene rings is 4. The van der Waals surface area contributed by atoms with E-state index in [1.165, 1.54) is 6.92 Å². The minimum Gasteiger partial charge on any atom is -0.356 e. The number of aromatic amines is 2. The number of fused-ring (bicyclic) bond motifs is 2. The number of carbonyl (C=O) groups excluding carboxylic acids is 3. The molecule has 61 heavy (non-hydrogen) atoms. The lowest BCUT2D eigenvalue weighted by atomic mass is 10.0. The molecule has 3 aromatic heterocycles. The van der Waals surface area contributed by atoms with Crippen molar-refractivity contribution < 1.29 is 14.4 Å². The van der Waals surface area contributed by atoms with Gasteiger partial charge in [0.1, 0.15) is 11.6 Å². The van der Waals surface area contributed by atoms with Gasteiger partial charge >= 0.3 is 0 Å². The SMILES string of the molecule is CC(=O)NCCCn1cc(CCCCN(C)CCNC(=O)c2ccc(-c3nc4cc(-c5ccc6[nH]c(-c7ccc(C(=O)NCCN(C)C)cc7)nc6c5)ccc4[nH]3)cc2)nn1. The third-order valence-corrected chi connectivity index (χ3v) is 10.5. The zero-order valence-corrected chi connectivity index (χ0v) is 35.3. The maximum Gasteiger partial charge on any atom is 0.251 e. The third kappa shape index (κ3) is 11.5. The largest absolute Gasteiger partial charge is 0.356 e. The predicted octanol–water partition coefficient (Wildman–Crippen LogP) is 5.53. The first-order valence-corrected chi connectivity index (χ1v) is 20.8. The van der Waals surface area contributed by atoms with Gasteiger partial charge < -0.3 is 35.7 Å². The van der Waals surface area contributed by atoms with E-state index < -0.39 is 0 Å². The molecule has 0 atom stereocenters. The van der Waals surface area contributed by atoms with Crippen molar-refractivity contribution in [2.75, 3.05) is 60.4 Å². The van der Waals surface area contributed by atoms with E-state index in [1.54, 1.807) is 0 Å². The first kappa shape index (κ1) is 42.4. The van der Waals surface area contributed by atoms with E-state index in [1.807, 2.05) is 90.5 Å². The van der Waals surface area contributed by atoms with Crippen LogP contribution in [0.5, 0.6) is 0 Å².